The Labute approximate surface area is 177 Å². The smallest absolute Gasteiger partial charge is 0.415 e. The van der Waals surface area contributed by atoms with Gasteiger partial charge in [0.1, 0.15) is 0 Å². The van der Waals surface area contributed by atoms with Crippen LogP contribution in [0.3, 0.4) is 0 Å². The summed E-state index contributed by atoms with van der Waals surface area (Å²) in [7, 11) is 0. The zero-order valence-corrected chi connectivity index (χ0v) is 17.2. The van der Waals surface area contributed by atoms with E-state index in [4.69, 9.17) is 9.15 Å². The molecule has 2 aromatic carbocycles. The first-order valence-electron chi connectivity index (χ1n) is 9.57. The standard InChI is InChI=1S/C22H20N4O3S/c1-2-6-15-9-11-16(12-10-15)18-14-30-21(23-18)24-19(27)13-28-22-26-25-20(29-22)17-7-4-3-5-8-17/h3-5,7-12,14H,2,6,13H2,1H3,(H,23,24,27). The average molecular weight is 420 g/mol. The van der Waals surface area contributed by atoms with E-state index >= 15 is 0 Å². The molecule has 4 rings (SSSR count). The van der Waals surface area contributed by atoms with Gasteiger partial charge in [-0.1, -0.05) is 60.9 Å². The summed E-state index contributed by atoms with van der Waals surface area (Å²) in [5.74, 6) is -0.0193. The number of aromatic nitrogens is 3. The van der Waals surface area contributed by atoms with Gasteiger partial charge in [-0.15, -0.1) is 16.4 Å². The quantitative estimate of drug-likeness (QED) is 0.439. The molecule has 2 heterocycles. The van der Waals surface area contributed by atoms with Crippen molar-refractivity contribution in [2.24, 2.45) is 0 Å². The van der Waals surface area contributed by atoms with Gasteiger partial charge in [0.15, 0.2) is 11.7 Å². The fourth-order valence-electron chi connectivity index (χ4n) is 2.84. The van der Waals surface area contributed by atoms with Crippen LogP contribution >= 0.6 is 11.3 Å². The third-order valence-electron chi connectivity index (χ3n) is 4.29. The summed E-state index contributed by atoms with van der Waals surface area (Å²) in [4.78, 5) is 16.6. The summed E-state index contributed by atoms with van der Waals surface area (Å²) < 4.78 is 10.7. The molecule has 0 atom stereocenters. The molecule has 7 nitrogen and oxygen atoms in total. The molecule has 1 N–H and O–H groups in total. The molecule has 8 heteroatoms. The van der Waals surface area contributed by atoms with Crippen molar-refractivity contribution in [2.75, 3.05) is 11.9 Å². The van der Waals surface area contributed by atoms with E-state index in [0.29, 0.717) is 11.0 Å². The van der Waals surface area contributed by atoms with E-state index in [1.807, 2.05) is 35.7 Å². The second-order valence-corrected chi connectivity index (χ2v) is 7.42. The Morgan fingerprint density at radius 3 is 2.63 bits per heavy atom. The molecule has 0 saturated heterocycles. The number of anilines is 1. The molecular formula is C22H20N4O3S. The zero-order chi connectivity index (χ0) is 20.8. The second-order valence-electron chi connectivity index (χ2n) is 6.56. The lowest BCUT2D eigenvalue weighted by molar-refractivity contribution is -0.118. The lowest BCUT2D eigenvalue weighted by Crippen LogP contribution is -2.20. The van der Waals surface area contributed by atoms with Crippen LogP contribution in [0.2, 0.25) is 0 Å². The molecule has 2 aromatic heterocycles. The topological polar surface area (TPSA) is 90.1 Å². The number of aryl methyl sites for hydroxylation is 1. The van der Waals surface area contributed by atoms with E-state index < -0.39 is 0 Å². The number of thiazole rings is 1. The first-order chi connectivity index (χ1) is 14.7. The van der Waals surface area contributed by atoms with Gasteiger partial charge in [-0.25, -0.2) is 4.98 Å². The van der Waals surface area contributed by atoms with Gasteiger partial charge < -0.3 is 9.15 Å². The van der Waals surface area contributed by atoms with Crippen molar-refractivity contribution in [3.05, 3.63) is 65.5 Å². The molecular weight excluding hydrogens is 400 g/mol. The molecule has 0 fully saturated rings. The molecule has 30 heavy (non-hydrogen) atoms. The number of nitrogens with one attached hydrogen (secondary N) is 1. The summed E-state index contributed by atoms with van der Waals surface area (Å²) >= 11 is 1.36. The minimum absolute atomic E-state index is 0.0593. The summed E-state index contributed by atoms with van der Waals surface area (Å²) in [6, 6.07) is 17.7. The number of benzene rings is 2. The van der Waals surface area contributed by atoms with Crippen LogP contribution in [-0.2, 0) is 11.2 Å². The Balaban J connectivity index is 1.31. The van der Waals surface area contributed by atoms with E-state index in [1.165, 1.54) is 16.9 Å². The zero-order valence-electron chi connectivity index (χ0n) is 16.4. The van der Waals surface area contributed by atoms with Crippen molar-refractivity contribution in [3.63, 3.8) is 0 Å². The minimum Gasteiger partial charge on any atom is -0.439 e. The van der Waals surface area contributed by atoms with Crippen molar-refractivity contribution in [1.82, 2.24) is 15.2 Å². The van der Waals surface area contributed by atoms with Gasteiger partial charge in [-0.2, -0.15) is 0 Å². The van der Waals surface area contributed by atoms with Gasteiger partial charge >= 0.3 is 6.08 Å². The van der Waals surface area contributed by atoms with Crippen LogP contribution in [0.25, 0.3) is 22.7 Å². The SMILES string of the molecule is CCCc1ccc(-c2csc(NC(=O)COc3nnc(-c4ccccc4)o3)n2)cc1. The van der Waals surface area contributed by atoms with Crippen LogP contribution in [0.5, 0.6) is 6.08 Å². The normalized spacial score (nSPS) is 10.7. The average Bonchev–Trinajstić information content (AvgIpc) is 3.44. The third kappa shape index (κ3) is 4.90. The third-order valence-corrected chi connectivity index (χ3v) is 5.05. The molecule has 0 aliphatic rings. The fourth-order valence-corrected chi connectivity index (χ4v) is 3.58. The number of rotatable bonds is 8. The number of hydrogen-bond acceptors (Lipinski definition) is 7. The van der Waals surface area contributed by atoms with Gasteiger partial charge in [-0.05, 0) is 24.1 Å². The molecule has 0 aliphatic carbocycles. The Hall–Kier alpha value is -3.52. The Morgan fingerprint density at radius 1 is 1.07 bits per heavy atom. The van der Waals surface area contributed by atoms with Crippen LogP contribution in [-0.4, -0.2) is 27.7 Å². The van der Waals surface area contributed by atoms with Crippen LogP contribution in [0.1, 0.15) is 18.9 Å². The highest BCUT2D eigenvalue weighted by Crippen LogP contribution is 2.25. The molecule has 0 aliphatic heterocycles. The Morgan fingerprint density at radius 2 is 1.87 bits per heavy atom. The predicted octanol–water partition coefficient (Wildman–Crippen LogP) is 4.83. The number of nitrogens with zero attached hydrogens (tertiary/aromatic N) is 3. The van der Waals surface area contributed by atoms with Crippen LogP contribution in [0.15, 0.2) is 64.4 Å². The van der Waals surface area contributed by atoms with Crippen LogP contribution in [0.4, 0.5) is 5.13 Å². The number of carbonyl (C=O) groups excluding carboxylic acids is 1. The lowest BCUT2D eigenvalue weighted by Gasteiger charge is -2.02. The molecule has 0 bridgehead atoms. The molecule has 4 aromatic rings. The molecule has 1 amide bonds. The largest absolute Gasteiger partial charge is 0.439 e. The van der Waals surface area contributed by atoms with Gasteiger partial charge in [0.2, 0.25) is 0 Å². The molecule has 0 spiro atoms. The van der Waals surface area contributed by atoms with Crippen molar-refractivity contribution >= 4 is 22.4 Å². The summed E-state index contributed by atoms with van der Waals surface area (Å²) in [5, 5.41) is 12.9. The van der Waals surface area contributed by atoms with E-state index in [1.54, 1.807) is 0 Å². The summed E-state index contributed by atoms with van der Waals surface area (Å²) in [6.45, 7) is 1.91. The van der Waals surface area contributed by atoms with Gasteiger partial charge in [0, 0.05) is 16.5 Å². The maximum Gasteiger partial charge on any atom is 0.415 e. The first-order valence-corrected chi connectivity index (χ1v) is 10.5. The van der Waals surface area contributed by atoms with Gasteiger partial charge in [-0.3, -0.25) is 10.1 Å². The predicted molar refractivity (Wildman–Crippen MR) is 115 cm³/mol. The maximum absolute atomic E-state index is 12.2. The molecule has 0 unspecified atom stereocenters. The number of hydrogen-bond donors (Lipinski definition) is 1. The number of amides is 1. The Bertz CT molecular complexity index is 1110. The minimum atomic E-state index is -0.353. The van der Waals surface area contributed by atoms with E-state index in [0.717, 1.165) is 29.7 Å². The van der Waals surface area contributed by atoms with Crippen LogP contribution in [0, 0.1) is 0 Å². The maximum atomic E-state index is 12.2. The van der Waals surface area contributed by atoms with Crippen molar-refractivity contribution < 1.29 is 13.9 Å². The fraction of sp³-hybridized carbons (Fsp3) is 0.182. The lowest BCUT2D eigenvalue weighted by atomic mass is 10.1. The van der Waals surface area contributed by atoms with Crippen LogP contribution < -0.4 is 10.1 Å². The highest BCUT2D eigenvalue weighted by molar-refractivity contribution is 7.14. The number of carbonyl (C=O) groups is 1. The van der Waals surface area contributed by atoms with Crippen molar-refractivity contribution in [2.45, 2.75) is 19.8 Å². The highest BCUT2D eigenvalue weighted by atomic mass is 32.1. The van der Waals surface area contributed by atoms with E-state index in [-0.39, 0.29) is 18.6 Å². The number of ether oxygens (including phenoxy) is 1. The van der Waals surface area contributed by atoms with E-state index in [9.17, 15) is 4.79 Å². The Kier molecular flexibility index (Phi) is 6.14. The monoisotopic (exact) mass is 420 g/mol. The molecule has 0 radical (unpaired) electrons. The molecule has 152 valence electrons. The summed E-state index contributed by atoms with van der Waals surface area (Å²) in [6.07, 6.45) is 2.12. The first kappa shape index (κ1) is 19.8. The highest BCUT2D eigenvalue weighted by Gasteiger charge is 2.13. The molecule has 0 saturated carbocycles. The van der Waals surface area contributed by atoms with Crippen molar-refractivity contribution in [3.8, 4) is 28.8 Å². The van der Waals surface area contributed by atoms with E-state index in [2.05, 4.69) is 51.7 Å². The van der Waals surface area contributed by atoms with Gasteiger partial charge in [0.25, 0.3) is 11.8 Å². The second kappa shape index (κ2) is 9.32. The summed E-state index contributed by atoms with van der Waals surface area (Å²) in [5.41, 5.74) is 3.92. The van der Waals surface area contributed by atoms with Crippen molar-refractivity contribution in [1.29, 1.82) is 0 Å². The van der Waals surface area contributed by atoms with Gasteiger partial charge in [0.05, 0.1) is 5.69 Å².